The Morgan fingerprint density at radius 2 is 2.25 bits per heavy atom. The molecule has 0 aliphatic carbocycles. The van der Waals surface area contributed by atoms with Crippen LogP contribution in [-0.4, -0.2) is 25.1 Å². The summed E-state index contributed by atoms with van der Waals surface area (Å²) in [5.74, 6) is 1.03. The molecule has 0 bridgehead atoms. The van der Waals surface area contributed by atoms with Gasteiger partial charge >= 0.3 is 0 Å². The number of hydrogen-bond acceptors (Lipinski definition) is 4. The predicted molar refractivity (Wildman–Crippen MR) is 58.9 cm³/mol. The molecule has 0 aliphatic rings. The number of ketones is 1. The van der Waals surface area contributed by atoms with Crippen LogP contribution < -0.4 is 5.73 Å². The quantitative estimate of drug-likeness (QED) is 0.746. The zero-order valence-corrected chi connectivity index (χ0v) is 9.21. The van der Waals surface area contributed by atoms with Gasteiger partial charge in [0.2, 0.25) is 0 Å². The summed E-state index contributed by atoms with van der Waals surface area (Å²) in [6.45, 7) is 0. The summed E-state index contributed by atoms with van der Waals surface area (Å²) in [4.78, 5) is 16.0. The molecule has 0 amide bonds. The molecule has 0 aliphatic heterocycles. The van der Waals surface area contributed by atoms with E-state index >= 15 is 0 Å². The van der Waals surface area contributed by atoms with E-state index in [0.29, 0.717) is 17.2 Å². The van der Waals surface area contributed by atoms with Crippen molar-refractivity contribution in [3.8, 4) is 0 Å². The Balaban J connectivity index is 2.21. The van der Waals surface area contributed by atoms with E-state index in [1.165, 1.54) is 10.9 Å². The van der Waals surface area contributed by atoms with E-state index in [-0.39, 0.29) is 12.2 Å². The maximum atomic E-state index is 11.9. The third kappa shape index (κ3) is 1.69. The molecule has 2 rings (SSSR count). The number of carbonyl (C=O) groups is 1. The van der Waals surface area contributed by atoms with Gasteiger partial charge in [-0.05, 0) is 0 Å². The van der Waals surface area contributed by atoms with Crippen molar-refractivity contribution in [3.05, 3.63) is 30.0 Å². The molecule has 6 nitrogen and oxygen atoms in total. The number of hydrogen-bond donors (Lipinski definition) is 1. The Morgan fingerprint density at radius 1 is 1.50 bits per heavy atom. The van der Waals surface area contributed by atoms with Crippen molar-refractivity contribution in [1.82, 2.24) is 19.3 Å². The van der Waals surface area contributed by atoms with Crippen LogP contribution in [0, 0.1) is 0 Å². The van der Waals surface area contributed by atoms with E-state index in [1.54, 1.807) is 19.4 Å². The lowest BCUT2D eigenvalue weighted by molar-refractivity contribution is 0.0991. The zero-order chi connectivity index (χ0) is 11.7. The maximum Gasteiger partial charge on any atom is 0.175 e. The van der Waals surface area contributed by atoms with E-state index in [9.17, 15) is 4.79 Å². The number of carbonyl (C=O) groups excluding carboxylic acids is 1. The fraction of sp³-hybridized carbons (Fsp3) is 0.300. The van der Waals surface area contributed by atoms with E-state index in [4.69, 9.17) is 5.73 Å². The third-order valence-corrected chi connectivity index (χ3v) is 2.52. The second kappa shape index (κ2) is 3.80. The predicted octanol–water partition coefficient (Wildman–Crippen LogP) is 0.161. The fourth-order valence-electron chi connectivity index (χ4n) is 1.47. The lowest BCUT2D eigenvalue weighted by Gasteiger charge is -2.01. The molecule has 0 radical (unpaired) electrons. The molecule has 84 valence electrons. The average molecular weight is 219 g/mol. The van der Waals surface area contributed by atoms with Crippen molar-refractivity contribution < 1.29 is 4.79 Å². The van der Waals surface area contributed by atoms with Crippen molar-refractivity contribution in [1.29, 1.82) is 0 Å². The second-order valence-corrected chi connectivity index (χ2v) is 3.62. The molecule has 2 aromatic heterocycles. The highest BCUT2D eigenvalue weighted by Crippen LogP contribution is 2.12. The minimum Gasteiger partial charge on any atom is -0.383 e. The Morgan fingerprint density at radius 3 is 2.75 bits per heavy atom. The summed E-state index contributed by atoms with van der Waals surface area (Å²) in [7, 11) is 3.55. The lowest BCUT2D eigenvalue weighted by Crippen LogP contribution is -2.10. The van der Waals surface area contributed by atoms with Gasteiger partial charge in [0.05, 0.1) is 18.2 Å². The van der Waals surface area contributed by atoms with Gasteiger partial charge in [0.15, 0.2) is 5.78 Å². The van der Waals surface area contributed by atoms with Gasteiger partial charge in [-0.2, -0.15) is 5.10 Å². The summed E-state index contributed by atoms with van der Waals surface area (Å²) >= 11 is 0. The minimum atomic E-state index is -0.0695. The smallest absolute Gasteiger partial charge is 0.175 e. The first-order chi connectivity index (χ1) is 7.59. The number of imidazole rings is 1. The molecule has 0 unspecified atom stereocenters. The van der Waals surface area contributed by atoms with Crippen molar-refractivity contribution in [2.75, 3.05) is 5.73 Å². The van der Waals surface area contributed by atoms with E-state index in [1.807, 2.05) is 11.6 Å². The third-order valence-electron chi connectivity index (χ3n) is 2.52. The van der Waals surface area contributed by atoms with Gasteiger partial charge in [-0.15, -0.1) is 0 Å². The SMILES string of the molecule is Cn1ccnc1CC(=O)c1cnn(C)c1N. The molecule has 0 spiro atoms. The Hall–Kier alpha value is -2.11. The maximum absolute atomic E-state index is 11.9. The molecule has 0 saturated heterocycles. The van der Waals surface area contributed by atoms with Gasteiger partial charge in [-0.3, -0.25) is 9.48 Å². The van der Waals surface area contributed by atoms with Gasteiger partial charge in [0, 0.05) is 26.5 Å². The topological polar surface area (TPSA) is 78.7 Å². The van der Waals surface area contributed by atoms with Gasteiger partial charge in [-0.1, -0.05) is 0 Å². The monoisotopic (exact) mass is 219 g/mol. The summed E-state index contributed by atoms with van der Waals surface area (Å²) in [5.41, 5.74) is 6.17. The number of Topliss-reactive ketones (excluding diaryl/α,β-unsaturated/α-hetero) is 1. The van der Waals surface area contributed by atoms with Crippen LogP contribution in [0.25, 0.3) is 0 Å². The van der Waals surface area contributed by atoms with Gasteiger partial charge in [0.1, 0.15) is 11.6 Å². The van der Waals surface area contributed by atoms with Crippen LogP contribution in [-0.2, 0) is 20.5 Å². The van der Waals surface area contributed by atoms with E-state index in [0.717, 1.165) is 0 Å². The van der Waals surface area contributed by atoms with E-state index < -0.39 is 0 Å². The Kier molecular flexibility index (Phi) is 2.47. The molecule has 6 heteroatoms. The standard InChI is InChI=1S/C10H13N5O/c1-14-4-3-12-9(14)5-8(16)7-6-13-15(2)10(7)11/h3-4,6H,5,11H2,1-2H3. The molecular weight excluding hydrogens is 206 g/mol. The fourth-order valence-corrected chi connectivity index (χ4v) is 1.47. The lowest BCUT2D eigenvalue weighted by atomic mass is 10.1. The van der Waals surface area contributed by atoms with Gasteiger partial charge < -0.3 is 10.3 Å². The number of nitrogen functional groups attached to an aromatic ring is 1. The van der Waals surface area contributed by atoms with E-state index in [2.05, 4.69) is 10.1 Å². The van der Waals surface area contributed by atoms with Crippen LogP contribution >= 0.6 is 0 Å². The van der Waals surface area contributed by atoms with Crippen molar-refractivity contribution >= 4 is 11.6 Å². The molecular formula is C10H13N5O. The number of nitrogens with two attached hydrogens (primary N) is 1. The molecule has 16 heavy (non-hydrogen) atoms. The molecule has 0 saturated carbocycles. The number of anilines is 1. The molecule has 2 N–H and O–H groups in total. The van der Waals surface area contributed by atoms with Crippen LogP contribution in [0.4, 0.5) is 5.82 Å². The van der Waals surface area contributed by atoms with Crippen LogP contribution in [0.3, 0.4) is 0 Å². The highest BCUT2D eigenvalue weighted by atomic mass is 16.1. The van der Waals surface area contributed by atoms with Crippen LogP contribution in [0.15, 0.2) is 18.6 Å². The Labute approximate surface area is 92.7 Å². The van der Waals surface area contributed by atoms with Gasteiger partial charge in [-0.25, -0.2) is 4.98 Å². The first-order valence-electron chi connectivity index (χ1n) is 4.86. The summed E-state index contributed by atoms with van der Waals surface area (Å²) in [6, 6.07) is 0. The van der Waals surface area contributed by atoms with Crippen molar-refractivity contribution in [2.45, 2.75) is 6.42 Å². The normalized spacial score (nSPS) is 10.6. The molecule has 2 aromatic rings. The number of aryl methyl sites for hydroxylation is 2. The van der Waals surface area contributed by atoms with Crippen molar-refractivity contribution in [2.24, 2.45) is 14.1 Å². The summed E-state index contributed by atoms with van der Waals surface area (Å²) < 4.78 is 3.29. The van der Waals surface area contributed by atoms with Crippen LogP contribution in [0.5, 0.6) is 0 Å². The van der Waals surface area contributed by atoms with Crippen LogP contribution in [0.1, 0.15) is 16.2 Å². The number of rotatable bonds is 3. The first-order valence-corrected chi connectivity index (χ1v) is 4.86. The Bertz CT molecular complexity index is 525. The largest absolute Gasteiger partial charge is 0.383 e. The van der Waals surface area contributed by atoms with Gasteiger partial charge in [0.25, 0.3) is 0 Å². The second-order valence-electron chi connectivity index (χ2n) is 3.62. The number of nitrogens with zero attached hydrogens (tertiary/aromatic N) is 4. The summed E-state index contributed by atoms with van der Waals surface area (Å²) in [5, 5.41) is 3.93. The number of aromatic nitrogens is 4. The molecule has 2 heterocycles. The first kappa shape index (κ1) is 10.4. The average Bonchev–Trinajstić information content (AvgIpc) is 2.77. The minimum absolute atomic E-state index is 0.0695. The van der Waals surface area contributed by atoms with Crippen molar-refractivity contribution in [3.63, 3.8) is 0 Å². The zero-order valence-electron chi connectivity index (χ0n) is 9.21. The summed E-state index contributed by atoms with van der Waals surface area (Å²) in [6.07, 6.45) is 5.18. The van der Waals surface area contributed by atoms with Crippen LogP contribution in [0.2, 0.25) is 0 Å². The molecule has 0 aromatic carbocycles. The molecule has 0 atom stereocenters. The molecule has 0 fully saturated rings. The highest BCUT2D eigenvalue weighted by molar-refractivity contribution is 6.00. The highest BCUT2D eigenvalue weighted by Gasteiger charge is 2.15.